The monoisotopic (exact) mass is 311 g/mol. The highest BCUT2D eigenvalue weighted by atomic mass is 35.5. The summed E-state index contributed by atoms with van der Waals surface area (Å²) in [7, 11) is 0. The standard InChI is InChI=1S/C17H26ClNO2/c1-12-4-6-19(7-5-12)10-15(20)11-21-16-8-13(2)17(18)14(3)9-16/h8-9,12,15,20H,4-7,10-11H2,1-3H3/t15-/m0/s1. The summed E-state index contributed by atoms with van der Waals surface area (Å²) in [6.07, 6.45) is 2.00. The lowest BCUT2D eigenvalue weighted by molar-refractivity contribution is 0.0563. The first-order valence-corrected chi connectivity index (χ1v) is 8.13. The maximum absolute atomic E-state index is 10.1. The minimum absolute atomic E-state index is 0.326. The van der Waals surface area contributed by atoms with Crippen LogP contribution in [0.5, 0.6) is 5.75 Å². The molecule has 3 nitrogen and oxygen atoms in total. The Morgan fingerprint density at radius 2 is 1.86 bits per heavy atom. The first-order chi connectivity index (χ1) is 9.95. The number of aliphatic hydroxyl groups excluding tert-OH is 1. The van der Waals surface area contributed by atoms with Gasteiger partial charge in [-0.25, -0.2) is 0 Å². The van der Waals surface area contributed by atoms with Crippen LogP contribution in [0.25, 0.3) is 0 Å². The molecule has 1 saturated heterocycles. The van der Waals surface area contributed by atoms with Gasteiger partial charge < -0.3 is 14.7 Å². The van der Waals surface area contributed by atoms with Crippen LogP contribution in [0.15, 0.2) is 12.1 Å². The Labute approximate surface area is 132 Å². The summed E-state index contributed by atoms with van der Waals surface area (Å²) in [5.41, 5.74) is 2.01. The zero-order chi connectivity index (χ0) is 15.4. The summed E-state index contributed by atoms with van der Waals surface area (Å²) in [4.78, 5) is 2.33. The first kappa shape index (κ1) is 16.6. The van der Waals surface area contributed by atoms with Gasteiger partial charge in [0, 0.05) is 11.6 Å². The molecule has 118 valence electrons. The molecule has 2 rings (SSSR count). The summed E-state index contributed by atoms with van der Waals surface area (Å²) >= 11 is 6.14. The smallest absolute Gasteiger partial charge is 0.120 e. The summed E-state index contributed by atoms with van der Waals surface area (Å²) in [6.45, 7) is 9.41. The van der Waals surface area contributed by atoms with Gasteiger partial charge in [-0.05, 0) is 69.0 Å². The lowest BCUT2D eigenvalue weighted by atomic mass is 9.99. The number of halogens is 1. The molecule has 1 fully saturated rings. The number of hydrogen-bond acceptors (Lipinski definition) is 3. The number of aryl methyl sites for hydroxylation is 2. The van der Waals surface area contributed by atoms with Crippen LogP contribution in [0.1, 0.15) is 30.9 Å². The fourth-order valence-corrected chi connectivity index (χ4v) is 2.89. The summed E-state index contributed by atoms with van der Waals surface area (Å²) < 4.78 is 5.71. The Balaban J connectivity index is 1.80. The van der Waals surface area contributed by atoms with Crippen LogP contribution in [-0.2, 0) is 0 Å². The number of ether oxygens (including phenoxy) is 1. The predicted octanol–water partition coefficient (Wildman–Crippen LogP) is 3.43. The van der Waals surface area contributed by atoms with Crippen LogP contribution in [0.2, 0.25) is 5.02 Å². The Kier molecular flexibility index (Phi) is 5.91. The summed E-state index contributed by atoms with van der Waals surface area (Å²) in [6, 6.07) is 3.84. The van der Waals surface area contributed by atoms with E-state index in [2.05, 4.69) is 11.8 Å². The molecule has 1 aliphatic heterocycles. The second-order valence-electron chi connectivity index (χ2n) is 6.32. The van der Waals surface area contributed by atoms with E-state index >= 15 is 0 Å². The van der Waals surface area contributed by atoms with Gasteiger partial charge in [0.15, 0.2) is 0 Å². The average Bonchev–Trinajstić information content (AvgIpc) is 2.45. The van der Waals surface area contributed by atoms with Crippen LogP contribution < -0.4 is 4.74 Å². The third-order valence-electron chi connectivity index (χ3n) is 4.20. The fourth-order valence-electron chi connectivity index (χ4n) is 2.78. The van der Waals surface area contributed by atoms with E-state index in [1.807, 2.05) is 26.0 Å². The molecule has 0 saturated carbocycles. The number of aliphatic hydroxyl groups is 1. The number of β-amino-alcohol motifs (C(OH)–C–C–N with tert-alkyl or cyclic N) is 1. The van der Waals surface area contributed by atoms with Crippen molar-refractivity contribution in [3.05, 3.63) is 28.3 Å². The molecule has 0 aromatic heterocycles. The average molecular weight is 312 g/mol. The minimum atomic E-state index is -0.449. The normalized spacial score (nSPS) is 18.7. The number of benzene rings is 1. The molecular weight excluding hydrogens is 286 g/mol. The van der Waals surface area contributed by atoms with Crippen molar-refractivity contribution < 1.29 is 9.84 Å². The van der Waals surface area contributed by atoms with Gasteiger partial charge in [0.2, 0.25) is 0 Å². The Morgan fingerprint density at radius 1 is 1.29 bits per heavy atom. The molecule has 0 spiro atoms. The number of likely N-dealkylation sites (tertiary alicyclic amines) is 1. The molecule has 1 heterocycles. The molecule has 0 unspecified atom stereocenters. The van der Waals surface area contributed by atoms with Crippen molar-refractivity contribution in [3.63, 3.8) is 0 Å². The third kappa shape index (κ3) is 4.87. The van der Waals surface area contributed by atoms with Gasteiger partial charge in [0.05, 0.1) is 0 Å². The topological polar surface area (TPSA) is 32.7 Å². The molecule has 1 aromatic carbocycles. The lowest BCUT2D eigenvalue weighted by Gasteiger charge is -2.31. The highest BCUT2D eigenvalue weighted by molar-refractivity contribution is 6.32. The van der Waals surface area contributed by atoms with E-state index in [-0.39, 0.29) is 0 Å². The molecule has 4 heteroatoms. The van der Waals surface area contributed by atoms with Gasteiger partial charge in [-0.2, -0.15) is 0 Å². The molecule has 1 aliphatic rings. The number of rotatable bonds is 5. The van der Waals surface area contributed by atoms with Crippen LogP contribution in [0, 0.1) is 19.8 Å². The molecule has 1 atom stereocenters. The molecule has 21 heavy (non-hydrogen) atoms. The molecule has 0 amide bonds. The zero-order valence-electron chi connectivity index (χ0n) is 13.2. The van der Waals surface area contributed by atoms with E-state index < -0.39 is 6.10 Å². The van der Waals surface area contributed by atoms with Crippen molar-refractivity contribution in [2.45, 2.75) is 39.7 Å². The van der Waals surface area contributed by atoms with Gasteiger partial charge in [-0.3, -0.25) is 0 Å². The third-order valence-corrected chi connectivity index (χ3v) is 4.79. The predicted molar refractivity (Wildman–Crippen MR) is 87.3 cm³/mol. The first-order valence-electron chi connectivity index (χ1n) is 7.75. The van der Waals surface area contributed by atoms with Crippen molar-refractivity contribution in [3.8, 4) is 5.75 Å². The second kappa shape index (κ2) is 7.48. The van der Waals surface area contributed by atoms with E-state index in [0.29, 0.717) is 13.2 Å². The van der Waals surface area contributed by atoms with E-state index in [9.17, 15) is 5.11 Å². The zero-order valence-corrected chi connectivity index (χ0v) is 14.0. The summed E-state index contributed by atoms with van der Waals surface area (Å²) in [5.74, 6) is 1.59. The van der Waals surface area contributed by atoms with E-state index in [0.717, 1.165) is 40.9 Å². The van der Waals surface area contributed by atoms with E-state index in [1.165, 1.54) is 12.8 Å². The fraction of sp³-hybridized carbons (Fsp3) is 0.647. The number of hydrogen-bond donors (Lipinski definition) is 1. The molecular formula is C17H26ClNO2. The Hall–Kier alpha value is -0.770. The molecule has 1 aromatic rings. The Morgan fingerprint density at radius 3 is 2.43 bits per heavy atom. The van der Waals surface area contributed by atoms with Gasteiger partial charge in [0.1, 0.15) is 18.5 Å². The maximum Gasteiger partial charge on any atom is 0.120 e. The number of nitrogens with zero attached hydrogens (tertiary/aromatic N) is 1. The Bertz CT molecular complexity index is 447. The van der Waals surface area contributed by atoms with Crippen LogP contribution >= 0.6 is 11.6 Å². The molecule has 0 radical (unpaired) electrons. The maximum atomic E-state index is 10.1. The van der Waals surface area contributed by atoms with Gasteiger partial charge in [-0.1, -0.05) is 18.5 Å². The van der Waals surface area contributed by atoms with Crippen LogP contribution in [0.3, 0.4) is 0 Å². The van der Waals surface area contributed by atoms with Crippen molar-refractivity contribution in [2.24, 2.45) is 5.92 Å². The largest absolute Gasteiger partial charge is 0.491 e. The van der Waals surface area contributed by atoms with E-state index in [4.69, 9.17) is 16.3 Å². The quantitative estimate of drug-likeness (QED) is 0.904. The van der Waals surface area contributed by atoms with Gasteiger partial charge in [0.25, 0.3) is 0 Å². The SMILES string of the molecule is Cc1cc(OC[C@@H](O)CN2CCC(C)CC2)cc(C)c1Cl. The van der Waals surface area contributed by atoms with Crippen molar-refractivity contribution >= 4 is 11.6 Å². The van der Waals surface area contributed by atoms with Gasteiger partial charge >= 0.3 is 0 Å². The molecule has 0 bridgehead atoms. The van der Waals surface area contributed by atoms with Crippen molar-refractivity contribution in [1.82, 2.24) is 4.90 Å². The summed E-state index contributed by atoms with van der Waals surface area (Å²) in [5, 5.41) is 10.9. The van der Waals surface area contributed by atoms with E-state index in [1.54, 1.807) is 0 Å². The van der Waals surface area contributed by atoms with Crippen molar-refractivity contribution in [1.29, 1.82) is 0 Å². The van der Waals surface area contributed by atoms with Crippen molar-refractivity contribution in [2.75, 3.05) is 26.2 Å². The minimum Gasteiger partial charge on any atom is -0.491 e. The highest BCUT2D eigenvalue weighted by Gasteiger charge is 2.18. The van der Waals surface area contributed by atoms with Crippen LogP contribution in [-0.4, -0.2) is 42.4 Å². The lowest BCUT2D eigenvalue weighted by Crippen LogP contribution is -2.40. The second-order valence-corrected chi connectivity index (χ2v) is 6.70. The van der Waals surface area contributed by atoms with Crippen LogP contribution in [0.4, 0.5) is 0 Å². The molecule has 1 N–H and O–H groups in total. The molecule has 0 aliphatic carbocycles. The highest BCUT2D eigenvalue weighted by Crippen LogP contribution is 2.26. The number of piperidine rings is 1. The van der Waals surface area contributed by atoms with Gasteiger partial charge in [-0.15, -0.1) is 0 Å².